The van der Waals surface area contributed by atoms with Gasteiger partial charge < -0.3 is 15.7 Å². The lowest BCUT2D eigenvalue weighted by atomic mass is 10.1. The highest BCUT2D eigenvalue weighted by Crippen LogP contribution is 2.24. The fourth-order valence-electron chi connectivity index (χ4n) is 1.90. The summed E-state index contributed by atoms with van der Waals surface area (Å²) in [6.07, 6.45) is 0. The van der Waals surface area contributed by atoms with E-state index in [0.717, 1.165) is 10.4 Å². The summed E-state index contributed by atoms with van der Waals surface area (Å²) < 4.78 is 0. The molecule has 0 aliphatic rings. The van der Waals surface area contributed by atoms with Gasteiger partial charge in [0.25, 0.3) is 5.69 Å². The average molecular weight is 335 g/mol. The number of hydrogen-bond donors (Lipinski definition) is 3. The molecule has 0 saturated heterocycles. The number of carbonyl (C=O) groups is 1. The van der Waals surface area contributed by atoms with Crippen LogP contribution in [0.5, 0.6) is 0 Å². The van der Waals surface area contributed by atoms with Gasteiger partial charge in [-0.2, -0.15) is 0 Å². The first-order valence-corrected chi connectivity index (χ1v) is 7.78. The number of urea groups is 1. The van der Waals surface area contributed by atoms with Crippen LogP contribution in [0.4, 0.5) is 10.5 Å². The van der Waals surface area contributed by atoms with Crippen LogP contribution in [0.2, 0.25) is 0 Å². The first kappa shape index (κ1) is 16.9. The molecule has 122 valence electrons. The van der Waals surface area contributed by atoms with E-state index in [0.29, 0.717) is 0 Å². The molecule has 0 bridgehead atoms. The monoisotopic (exact) mass is 335 g/mol. The van der Waals surface area contributed by atoms with Gasteiger partial charge in [0.1, 0.15) is 5.60 Å². The molecule has 1 aromatic heterocycles. The summed E-state index contributed by atoms with van der Waals surface area (Å²) in [4.78, 5) is 22.6. The van der Waals surface area contributed by atoms with E-state index in [4.69, 9.17) is 0 Å². The van der Waals surface area contributed by atoms with E-state index in [-0.39, 0.29) is 18.8 Å². The fourth-order valence-corrected chi connectivity index (χ4v) is 2.69. The van der Waals surface area contributed by atoms with Gasteiger partial charge in [-0.05, 0) is 23.9 Å². The summed E-state index contributed by atoms with van der Waals surface area (Å²) in [7, 11) is 0. The fraction of sp³-hybridized carbons (Fsp3) is 0.267. The van der Waals surface area contributed by atoms with Gasteiger partial charge >= 0.3 is 6.03 Å². The number of nitro benzene ring substituents is 1. The molecule has 1 heterocycles. The Kier molecular flexibility index (Phi) is 5.30. The smallest absolute Gasteiger partial charge is 0.315 e. The van der Waals surface area contributed by atoms with Gasteiger partial charge in [-0.15, -0.1) is 11.3 Å². The Balaban J connectivity index is 1.80. The molecule has 2 aromatic rings. The normalized spacial score (nSPS) is 13.1. The number of nitro groups is 1. The topological polar surface area (TPSA) is 104 Å². The van der Waals surface area contributed by atoms with Crippen molar-refractivity contribution in [3.63, 3.8) is 0 Å². The van der Waals surface area contributed by atoms with Crippen molar-refractivity contribution in [2.45, 2.75) is 19.1 Å². The first-order chi connectivity index (χ1) is 10.9. The predicted molar refractivity (Wildman–Crippen MR) is 87.2 cm³/mol. The average Bonchev–Trinajstić information content (AvgIpc) is 3.06. The van der Waals surface area contributed by atoms with Crippen LogP contribution in [0.3, 0.4) is 0 Å². The third-order valence-corrected chi connectivity index (χ3v) is 4.37. The maximum atomic E-state index is 11.8. The van der Waals surface area contributed by atoms with E-state index in [1.807, 2.05) is 11.4 Å². The van der Waals surface area contributed by atoms with Crippen molar-refractivity contribution in [2.75, 3.05) is 6.54 Å². The van der Waals surface area contributed by atoms with Crippen molar-refractivity contribution >= 4 is 23.1 Å². The molecule has 1 aromatic carbocycles. The molecular weight excluding hydrogens is 318 g/mol. The van der Waals surface area contributed by atoms with Crippen molar-refractivity contribution in [3.05, 3.63) is 62.3 Å². The summed E-state index contributed by atoms with van der Waals surface area (Å²) in [5, 5.41) is 28.0. The Labute approximate surface area is 137 Å². The van der Waals surface area contributed by atoms with Gasteiger partial charge in [-0.1, -0.05) is 18.2 Å². The molecule has 0 saturated carbocycles. The molecule has 2 amide bonds. The molecule has 2 rings (SSSR count). The van der Waals surface area contributed by atoms with Gasteiger partial charge in [0.2, 0.25) is 0 Å². The van der Waals surface area contributed by atoms with Crippen LogP contribution in [0.15, 0.2) is 41.8 Å². The number of carbonyl (C=O) groups excluding carboxylic acids is 1. The Morgan fingerprint density at radius 3 is 2.57 bits per heavy atom. The zero-order chi connectivity index (χ0) is 16.9. The summed E-state index contributed by atoms with van der Waals surface area (Å²) in [6, 6.07) is 9.16. The third kappa shape index (κ3) is 4.76. The largest absolute Gasteiger partial charge is 0.383 e. The van der Waals surface area contributed by atoms with Crippen LogP contribution in [-0.4, -0.2) is 22.6 Å². The van der Waals surface area contributed by atoms with Crippen LogP contribution >= 0.6 is 11.3 Å². The molecule has 3 N–H and O–H groups in total. The molecule has 0 fully saturated rings. The first-order valence-electron chi connectivity index (χ1n) is 6.90. The Morgan fingerprint density at radius 2 is 2.00 bits per heavy atom. The molecular formula is C15H17N3O4S. The number of aliphatic hydroxyl groups is 1. The molecule has 0 spiro atoms. The molecule has 1 unspecified atom stereocenters. The molecule has 8 heteroatoms. The molecule has 0 aliphatic carbocycles. The van der Waals surface area contributed by atoms with Crippen molar-refractivity contribution in [1.82, 2.24) is 10.6 Å². The highest BCUT2D eigenvalue weighted by Gasteiger charge is 2.24. The van der Waals surface area contributed by atoms with Crippen LogP contribution in [0.25, 0.3) is 0 Å². The van der Waals surface area contributed by atoms with Crippen LogP contribution in [0, 0.1) is 10.1 Å². The number of thiophene rings is 1. The quantitative estimate of drug-likeness (QED) is 0.557. The van der Waals surface area contributed by atoms with E-state index >= 15 is 0 Å². The minimum absolute atomic E-state index is 0.00481. The maximum Gasteiger partial charge on any atom is 0.315 e. The van der Waals surface area contributed by atoms with E-state index in [2.05, 4.69) is 10.6 Å². The number of nitrogens with zero attached hydrogens (tertiary/aromatic N) is 1. The van der Waals surface area contributed by atoms with Crippen molar-refractivity contribution < 1.29 is 14.8 Å². The lowest BCUT2D eigenvalue weighted by Crippen LogP contribution is -2.42. The van der Waals surface area contributed by atoms with Crippen molar-refractivity contribution in [3.8, 4) is 0 Å². The van der Waals surface area contributed by atoms with Crippen molar-refractivity contribution in [2.24, 2.45) is 0 Å². The molecule has 7 nitrogen and oxygen atoms in total. The molecule has 1 atom stereocenters. The Bertz CT molecular complexity index is 669. The number of hydrogen-bond acceptors (Lipinski definition) is 5. The van der Waals surface area contributed by atoms with E-state index < -0.39 is 16.6 Å². The zero-order valence-electron chi connectivity index (χ0n) is 12.5. The standard InChI is InChI=1S/C15H17N3O4S/c1-15(20,13-3-2-8-23-13)10-17-14(19)16-9-11-4-6-12(7-5-11)18(21)22/h2-8,20H,9-10H2,1H3,(H2,16,17,19). The summed E-state index contributed by atoms with van der Waals surface area (Å²) in [6.45, 7) is 1.96. The number of amides is 2. The molecule has 0 radical (unpaired) electrons. The van der Waals surface area contributed by atoms with Gasteiger partial charge in [0.15, 0.2) is 0 Å². The summed E-state index contributed by atoms with van der Waals surface area (Å²) in [5.41, 5.74) is -0.375. The minimum atomic E-state index is -1.13. The Hall–Kier alpha value is -2.45. The zero-order valence-corrected chi connectivity index (χ0v) is 13.3. The van der Waals surface area contributed by atoms with E-state index in [1.165, 1.54) is 23.5 Å². The number of nitrogens with one attached hydrogen (secondary N) is 2. The number of benzene rings is 1. The van der Waals surface area contributed by atoms with Gasteiger partial charge in [-0.3, -0.25) is 10.1 Å². The minimum Gasteiger partial charge on any atom is -0.383 e. The summed E-state index contributed by atoms with van der Waals surface area (Å²) >= 11 is 1.42. The highest BCUT2D eigenvalue weighted by molar-refractivity contribution is 7.10. The second-order valence-corrected chi connectivity index (χ2v) is 6.16. The Morgan fingerprint density at radius 1 is 1.30 bits per heavy atom. The number of non-ortho nitro benzene ring substituents is 1. The third-order valence-electron chi connectivity index (χ3n) is 3.25. The van der Waals surface area contributed by atoms with Gasteiger partial charge in [0, 0.05) is 23.6 Å². The van der Waals surface area contributed by atoms with Crippen LogP contribution in [0.1, 0.15) is 17.4 Å². The van der Waals surface area contributed by atoms with Gasteiger partial charge in [0.05, 0.1) is 11.5 Å². The predicted octanol–water partition coefficient (Wildman–Crippen LogP) is 2.36. The van der Waals surface area contributed by atoms with Crippen molar-refractivity contribution in [1.29, 1.82) is 0 Å². The summed E-state index contributed by atoms with van der Waals surface area (Å²) in [5.74, 6) is 0. The van der Waals surface area contributed by atoms with Crippen LogP contribution < -0.4 is 10.6 Å². The maximum absolute atomic E-state index is 11.8. The second-order valence-electron chi connectivity index (χ2n) is 5.21. The van der Waals surface area contributed by atoms with Gasteiger partial charge in [-0.25, -0.2) is 4.79 Å². The lowest BCUT2D eigenvalue weighted by Gasteiger charge is -2.22. The lowest BCUT2D eigenvalue weighted by molar-refractivity contribution is -0.384. The van der Waals surface area contributed by atoms with E-state index in [1.54, 1.807) is 25.1 Å². The second kappa shape index (κ2) is 7.21. The van der Waals surface area contributed by atoms with E-state index in [9.17, 15) is 20.0 Å². The van der Waals surface area contributed by atoms with Crippen LogP contribution in [-0.2, 0) is 12.1 Å². The molecule has 23 heavy (non-hydrogen) atoms. The SMILES string of the molecule is CC(O)(CNC(=O)NCc1ccc([N+](=O)[O-])cc1)c1cccs1. The highest BCUT2D eigenvalue weighted by atomic mass is 32.1. The number of rotatable bonds is 6. The molecule has 0 aliphatic heterocycles.